The third kappa shape index (κ3) is 4.23. The fourth-order valence-corrected chi connectivity index (χ4v) is 2.95. The average Bonchev–Trinajstić information content (AvgIpc) is 3.14. The van der Waals surface area contributed by atoms with Crippen molar-refractivity contribution in [1.82, 2.24) is 20.5 Å². The number of H-pyrrole nitrogens is 1. The summed E-state index contributed by atoms with van der Waals surface area (Å²) in [5.74, 6) is 0.276. The molecule has 5 nitrogen and oxygen atoms in total. The maximum Gasteiger partial charge on any atom is 0.230 e. The van der Waals surface area contributed by atoms with Gasteiger partial charge in [0.25, 0.3) is 0 Å². The maximum absolute atomic E-state index is 12.0. The fourth-order valence-electron chi connectivity index (χ4n) is 2.36. The van der Waals surface area contributed by atoms with Crippen molar-refractivity contribution in [2.24, 2.45) is 0 Å². The fraction of sp³-hybridized carbons (Fsp3) is 0.167. The zero-order valence-electron chi connectivity index (χ0n) is 13.3. The molecule has 2 aromatic carbocycles. The van der Waals surface area contributed by atoms with Gasteiger partial charge in [0.05, 0.1) is 11.8 Å². The van der Waals surface area contributed by atoms with Crippen LogP contribution in [0.3, 0.4) is 0 Å². The number of carbonyl (C=O) groups is 1. The monoisotopic (exact) mass is 338 g/mol. The normalized spacial score (nSPS) is 11.9. The van der Waals surface area contributed by atoms with Gasteiger partial charge in [-0.05, 0) is 23.6 Å². The van der Waals surface area contributed by atoms with Crippen molar-refractivity contribution in [3.05, 3.63) is 66.5 Å². The molecule has 1 amide bonds. The molecule has 0 aliphatic rings. The molecular formula is C18H18N4OS. The molecular weight excluding hydrogens is 320 g/mol. The quantitative estimate of drug-likeness (QED) is 0.676. The van der Waals surface area contributed by atoms with Gasteiger partial charge in [-0.2, -0.15) is 5.10 Å². The van der Waals surface area contributed by atoms with Crippen LogP contribution in [0.4, 0.5) is 0 Å². The summed E-state index contributed by atoms with van der Waals surface area (Å²) in [6, 6.07) is 18.4. The topological polar surface area (TPSA) is 70.7 Å². The molecule has 0 saturated carbocycles. The molecule has 3 aromatic rings. The predicted octanol–water partition coefficient (Wildman–Crippen LogP) is 3.44. The summed E-state index contributed by atoms with van der Waals surface area (Å²) < 4.78 is 0. The lowest BCUT2D eigenvalue weighted by Crippen LogP contribution is -2.28. The third-order valence-corrected chi connectivity index (χ3v) is 4.50. The standard InChI is InChI=1S/C18H18N4OS/c1-13(21-17(23)11-24-18-19-12-20-22-18)14-7-9-16(10-8-14)15-5-3-2-4-6-15/h2-10,12-13H,11H2,1H3,(H,21,23)(H,19,20,22). The van der Waals surface area contributed by atoms with Crippen LogP contribution >= 0.6 is 11.8 Å². The van der Waals surface area contributed by atoms with Gasteiger partial charge in [-0.3, -0.25) is 9.89 Å². The van der Waals surface area contributed by atoms with Crippen LogP contribution in [0.2, 0.25) is 0 Å². The van der Waals surface area contributed by atoms with Crippen LogP contribution in [0.15, 0.2) is 66.1 Å². The van der Waals surface area contributed by atoms with E-state index in [0.717, 1.165) is 5.56 Å². The number of hydrogen-bond acceptors (Lipinski definition) is 4. The number of aromatic amines is 1. The van der Waals surface area contributed by atoms with Crippen molar-refractivity contribution >= 4 is 17.7 Å². The highest BCUT2D eigenvalue weighted by Gasteiger charge is 2.11. The van der Waals surface area contributed by atoms with Crippen LogP contribution in [-0.4, -0.2) is 26.8 Å². The number of thioether (sulfide) groups is 1. The number of carbonyl (C=O) groups excluding carboxylic acids is 1. The number of nitrogens with one attached hydrogen (secondary N) is 2. The van der Waals surface area contributed by atoms with E-state index in [1.54, 1.807) is 0 Å². The van der Waals surface area contributed by atoms with Gasteiger partial charge >= 0.3 is 0 Å². The Bertz CT molecular complexity index is 773. The Hall–Kier alpha value is -2.60. The first-order chi connectivity index (χ1) is 11.7. The SMILES string of the molecule is CC(NC(=O)CSc1ncn[nH]1)c1ccc(-c2ccccc2)cc1. The number of nitrogens with zero attached hydrogens (tertiary/aromatic N) is 2. The van der Waals surface area contributed by atoms with Crippen LogP contribution in [0.5, 0.6) is 0 Å². The predicted molar refractivity (Wildman–Crippen MR) is 95.5 cm³/mol. The molecule has 3 rings (SSSR count). The lowest BCUT2D eigenvalue weighted by molar-refractivity contribution is -0.119. The zero-order valence-corrected chi connectivity index (χ0v) is 14.1. The van der Waals surface area contributed by atoms with Crippen molar-refractivity contribution in [2.45, 2.75) is 18.1 Å². The summed E-state index contributed by atoms with van der Waals surface area (Å²) in [5, 5.41) is 10.1. The Kier molecular flexibility index (Phi) is 5.28. The second kappa shape index (κ2) is 7.79. The Morgan fingerprint density at radius 2 is 1.83 bits per heavy atom. The minimum absolute atomic E-state index is 0.0314. The first-order valence-electron chi connectivity index (χ1n) is 7.65. The molecule has 1 heterocycles. The van der Waals surface area contributed by atoms with Gasteiger partial charge < -0.3 is 5.32 Å². The molecule has 0 spiro atoms. The number of rotatable bonds is 6. The van der Waals surface area contributed by atoms with Gasteiger partial charge in [-0.25, -0.2) is 4.98 Å². The van der Waals surface area contributed by atoms with E-state index in [0.29, 0.717) is 10.9 Å². The molecule has 1 unspecified atom stereocenters. The van der Waals surface area contributed by atoms with Crippen molar-refractivity contribution in [3.8, 4) is 11.1 Å². The van der Waals surface area contributed by atoms with Crippen molar-refractivity contribution in [1.29, 1.82) is 0 Å². The van der Waals surface area contributed by atoms with Crippen LogP contribution in [0.1, 0.15) is 18.5 Å². The Labute approximate surface area is 144 Å². The Morgan fingerprint density at radius 1 is 1.12 bits per heavy atom. The molecule has 2 N–H and O–H groups in total. The van der Waals surface area contributed by atoms with E-state index in [4.69, 9.17) is 0 Å². The molecule has 1 aromatic heterocycles. The molecule has 24 heavy (non-hydrogen) atoms. The smallest absolute Gasteiger partial charge is 0.230 e. The molecule has 122 valence electrons. The van der Waals surface area contributed by atoms with Crippen molar-refractivity contribution in [2.75, 3.05) is 5.75 Å². The largest absolute Gasteiger partial charge is 0.349 e. The van der Waals surface area contributed by atoms with E-state index < -0.39 is 0 Å². The Balaban J connectivity index is 1.56. The number of hydrogen-bond donors (Lipinski definition) is 2. The maximum atomic E-state index is 12.0. The zero-order chi connectivity index (χ0) is 16.8. The highest BCUT2D eigenvalue weighted by Crippen LogP contribution is 2.22. The summed E-state index contributed by atoms with van der Waals surface area (Å²) >= 11 is 1.33. The van der Waals surface area contributed by atoms with E-state index in [9.17, 15) is 4.79 Å². The minimum atomic E-state index is -0.0438. The summed E-state index contributed by atoms with van der Waals surface area (Å²) in [6.07, 6.45) is 1.43. The average molecular weight is 338 g/mol. The number of aromatic nitrogens is 3. The summed E-state index contributed by atoms with van der Waals surface area (Å²) in [6.45, 7) is 1.98. The van der Waals surface area contributed by atoms with E-state index >= 15 is 0 Å². The highest BCUT2D eigenvalue weighted by atomic mass is 32.2. The van der Waals surface area contributed by atoms with Crippen LogP contribution < -0.4 is 5.32 Å². The van der Waals surface area contributed by atoms with Gasteiger partial charge in [0, 0.05) is 0 Å². The molecule has 0 fully saturated rings. The minimum Gasteiger partial charge on any atom is -0.349 e. The first-order valence-corrected chi connectivity index (χ1v) is 8.64. The summed E-state index contributed by atoms with van der Waals surface area (Å²) in [4.78, 5) is 16.0. The Morgan fingerprint density at radius 3 is 2.50 bits per heavy atom. The number of amides is 1. The van der Waals surface area contributed by atoms with E-state index in [2.05, 4.69) is 56.9 Å². The van der Waals surface area contributed by atoms with Crippen molar-refractivity contribution < 1.29 is 4.79 Å². The molecule has 0 radical (unpaired) electrons. The molecule has 0 bridgehead atoms. The molecule has 0 saturated heterocycles. The molecule has 0 aliphatic carbocycles. The highest BCUT2D eigenvalue weighted by molar-refractivity contribution is 7.99. The second-order valence-corrected chi connectivity index (χ2v) is 6.32. The molecule has 0 aliphatic heterocycles. The molecule has 6 heteroatoms. The van der Waals surface area contributed by atoms with E-state index in [1.165, 1.54) is 29.2 Å². The van der Waals surface area contributed by atoms with Gasteiger partial charge in [0.1, 0.15) is 6.33 Å². The molecule has 1 atom stereocenters. The lowest BCUT2D eigenvalue weighted by Gasteiger charge is -2.14. The van der Waals surface area contributed by atoms with Gasteiger partial charge in [-0.15, -0.1) is 0 Å². The van der Waals surface area contributed by atoms with Gasteiger partial charge in [0.2, 0.25) is 5.91 Å². The first kappa shape index (κ1) is 16.3. The second-order valence-electron chi connectivity index (χ2n) is 5.36. The van der Waals surface area contributed by atoms with Crippen LogP contribution in [0, 0.1) is 0 Å². The van der Waals surface area contributed by atoms with Gasteiger partial charge in [-0.1, -0.05) is 66.4 Å². The number of benzene rings is 2. The van der Waals surface area contributed by atoms with Crippen LogP contribution in [-0.2, 0) is 4.79 Å². The van der Waals surface area contributed by atoms with Crippen molar-refractivity contribution in [3.63, 3.8) is 0 Å². The lowest BCUT2D eigenvalue weighted by atomic mass is 10.0. The van der Waals surface area contributed by atoms with Gasteiger partial charge in [0.15, 0.2) is 5.16 Å². The van der Waals surface area contributed by atoms with E-state index in [1.807, 2.05) is 25.1 Å². The third-order valence-electron chi connectivity index (χ3n) is 3.63. The van der Waals surface area contributed by atoms with E-state index in [-0.39, 0.29) is 11.9 Å². The summed E-state index contributed by atoms with van der Waals surface area (Å²) in [5.41, 5.74) is 3.43. The van der Waals surface area contributed by atoms with Crippen LogP contribution in [0.25, 0.3) is 11.1 Å². The summed E-state index contributed by atoms with van der Waals surface area (Å²) in [7, 11) is 0.